The van der Waals surface area contributed by atoms with Gasteiger partial charge in [0.2, 0.25) is 0 Å². The van der Waals surface area contributed by atoms with E-state index in [1.807, 2.05) is 11.7 Å². The van der Waals surface area contributed by atoms with Crippen LogP contribution in [0.4, 0.5) is 0 Å². The van der Waals surface area contributed by atoms with Crippen molar-refractivity contribution in [3.63, 3.8) is 0 Å². The molecule has 0 amide bonds. The number of aromatic nitrogens is 2. The number of hydrogen-bond donors (Lipinski definition) is 1. The molecule has 1 fully saturated rings. The van der Waals surface area contributed by atoms with Crippen molar-refractivity contribution < 1.29 is 0 Å². The van der Waals surface area contributed by atoms with Gasteiger partial charge in [-0.15, -0.1) is 0 Å². The molecular weight excluding hydrogens is 186 g/mol. The normalized spacial score (nSPS) is 18.1. The van der Waals surface area contributed by atoms with Crippen LogP contribution < -0.4 is 5.32 Å². The molecular formula is C12H21N3. The average molecular weight is 207 g/mol. The molecule has 1 N–H and O–H groups in total. The molecule has 3 heteroatoms. The summed E-state index contributed by atoms with van der Waals surface area (Å²) < 4.78 is 2.03. The first-order valence-corrected chi connectivity index (χ1v) is 5.93. The van der Waals surface area contributed by atoms with E-state index in [2.05, 4.69) is 30.5 Å². The van der Waals surface area contributed by atoms with Crippen LogP contribution in [0.1, 0.15) is 31.2 Å². The first-order chi connectivity index (χ1) is 7.24. The van der Waals surface area contributed by atoms with Crippen LogP contribution in [-0.4, -0.2) is 22.9 Å². The van der Waals surface area contributed by atoms with Crippen LogP contribution in [0, 0.1) is 5.92 Å². The zero-order valence-corrected chi connectivity index (χ0v) is 9.95. The summed E-state index contributed by atoms with van der Waals surface area (Å²) in [5.74, 6) is 0.898. The van der Waals surface area contributed by atoms with E-state index in [1.54, 1.807) is 0 Å². The minimum Gasteiger partial charge on any atom is -0.316 e. The Balaban J connectivity index is 2.04. The van der Waals surface area contributed by atoms with Gasteiger partial charge in [0.1, 0.15) is 0 Å². The minimum atomic E-state index is 0.644. The van der Waals surface area contributed by atoms with Crippen molar-refractivity contribution >= 4 is 0 Å². The van der Waals surface area contributed by atoms with Crippen LogP contribution in [0.15, 0.2) is 6.07 Å². The number of aryl methyl sites for hydroxylation is 2. The molecule has 0 spiro atoms. The van der Waals surface area contributed by atoms with Gasteiger partial charge < -0.3 is 5.32 Å². The maximum atomic E-state index is 4.49. The second kappa shape index (κ2) is 4.35. The lowest BCUT2D eigenvalue weighted by atomic mass is 10.1. The lowest BCUT2D eigenvalue weighted by molar-refractivity contribution is 0.485. The first-order valence-electron chi connectivity index (χ1n) is 5.93. The molecule has 0 aromatic carbocycles. The molecule has 84 valence electrons. The number of nitrogens with zero attached hydrogens (tertiary/aromatic N) is 2. The van der Waals surface area contributed by atoms with Crippen molar-refractivity contribution in [1.29, 1.82) is 0 Å². The van der Waals surface area contributed by atoms with Crippen LogP contribution in [0.5, 0.6) is 0 Å². The Morgan fingerprint density at radius 1 is 1.60 bits per heavy atom. The largest absolute Gasteiger partial charge is 0.316 e. The van der Waals surface area contributed by atoms with E-state index >= 15 is 0 Å². The van der Waals surface area contributed by atoms with Crippen molar-refractivity contribution in [2.75, 3.05) is 7.05 Å². The second-order valence-electron chi connectivity index (χ2n) is 4.54. The molecule has 1 saturated carbocycles. The van der Waals surface area contributed by atoms with E-state index in [9.17, 15) is 0 Å². The van der Waals surface area contributed by atoms with Gasteiger partial charge >= 0.3 is 0 Å². The SMILES string of the molecule is CCc1cc(CC(NC)C2CC2)n(C)n1. The van der Waals surface area contributed by atoms with Crippen LogP contribution >= 0.6 is 0 Å². The van der Waals surface area contributed by atoms with E-state index in [0.29, 0.717) is 6.04 Å². The summed E-state index contributed by atoms with van der Waals surface area (Å²) in [4.78, 5) is 0. The van der Waals surface area contributed by atoms with E-state index in [1.165, 1.54) is 24.2 Å². The Hall–Kier alpha value is -0.830. The van der Waals surface area contributed by atoms with Gasteiger partial charge in [-0.1, -0.05) is 6.92 Å². The zero-order chi connectivity index (χ0) is 10.8. The lowest BCUT2D eigenvalue weighted by Crippen LogP contribution is -2.30. The summed E-state index contributed by atoms with van der Waals surface area (Å²) in [7, 11) is 4.12. The smallest absolute Gasteiger partial charge is 0.0624 e. The Morgan fingerprint density at radius 2 is 2.33 bits per heavy atom. The standard InChI is InChI=1S/C12H21N3/c1-4-10-7-11(15(3)14-10)8-12(13-2)9-5-6-9/h7,9,12-13H,4-6,8H2,1-3H3. The number of likely N-dealkylation sites (N-methyl/N-ethyl adjacent to an activating group) is 1. The lowest BCUT2D eigenvalue weighted by Gasteiger charge is -2.14. The fourth-order valence-electron chi connectivity index (χ4n) is 2.16. The maximum absolute atomic E-state index is 4.49. The molecule has 1 unspecified atom stereocenters. The molecule has 1 aliphatic carbocycles. The van der Waals surface area contributed by atoms with Crippen molar-refractivity contribution in [2.24, 2.45) is 13.0 Å². The van der Waals surface area contributed by atoms with Gasteiger partial charge in [0.15, 0.2) is 0 Å². The van der Waals surface area contributed by atoms with Crippen LogP contribution in [0.3, 0.4) is 0 Å². The maximum Gasteiger partial charge on any atom is 0.0624 e. The van der Waals surface area contributed by atoms with E-state index in [0.717, 1.165) is 18.8 Å². The van der Waals surface area contributed by atoms with Crippen LogP contribution in [0.2, 0.25) is 0 Å². The van der Waals surface area contributed by atoms with E-state index in [4.69, 9.17) is 0 Å². The zero-order valence-electron chi connectivity index (χ0n) is 9.95. The summed E-state index contributed by atoms with van der Waals surface area (Å²) in [6.07, 6.45) is 4.93. The molecule has 0 radical (unpaired) electrons. The highest BCUT2D eigenvalue weighted by Gasteiger charge is 2.30. The molecule has 1 aliphatic rings. The van der Waals surface area contributed by atoms with Crippen molar-refractivity contribution in [3.05, 3.63) is 17.5 Å². The fraction of sp³-hybridized carbons (Fsp3) is 0.750. The van der Waals surface area contributed by atoms with Crippen molar-refractivity contribution in [1.82, 2.24) is 15.1 Å². The van der Waals surface area contributed by atoms with E-state index < -0.39 is 0 Å². The molecule has 15 heavy (non-hydrogen) atoms. The van der Waals surface area contributed by atoms with Gasteiger partial charge in [-0.3, -0.25) is 4.68 Å². The van der Waals surface area contributed by atoms with Gasteiger partial charge in [-0.05, 0) is 38.3 Å². The Bertz CT molecular complexity index is 326. The minimum absolute atomic E-state index is 0.644. The predicted molar refractivity (Wildman–Crippen MR) is 61.9 cm³/mol. The summed E-state index contributed by atoms with van der Waals surface area (Å²) in [5, 5.41) is 7.91. The topological polar surface area (TPSA) is 29.9 Å². The highest BCUT2D eigenvalue weighted by molar-refractivity contribution is 5.12. The predicted octanol–water partition coefficient (Wildman–Crippen LogP) is 1.52. The van der Waals surface area contributed by atoms with E-state index in [-0.39, 0.29) is 0 Å². The third-order valence-electron chi connectivity index (χ3n) is 3.38. The third-order valence-corrected chi connectivity index (χ3v) is 3.38. The third kappa shape index (κ3) is 2.40. The Kier molecular flexibility index (Phi) is 3.10. The fourth-order valence-corrected chi connectivity index (χ4v) is 2.16. The first kappa shape index (κ1) is 10.7. The molecule has 1 atom stereocenters. The summed E-state index contributed by atoms with van der Waals surface area (Å²) in [6.45, 7) is 2.16. The highest BCUT2D eigenvalue weighted by Crippen LogP contribution is 2.33. The summed E-state index contributed by atoms with van der Waals surface area (Å²) in [5.41, 5.74) is 2.57. The number of nitrogens with one attached hydrogen (secondary N) is 1. The number of rotatable bonds is 5. The average Bonchev–Trinajstić information content (AvgIpc) is 3.01. The highest BCUT2D eigenvalue weighted by atomic mass is 15.3. The molecule has 0 saturated heterocycles. The summed E-state index contributed by atoms with van der Waals surface area (Å²) >= 11 is 0. The monoisotopic (exact) mass is 207 g/mol. The van der Waals surface area contributed by atoms with Gasteiger partial charge in [0, 0.05) is 25.2 Å². The van der Waals surface area contributed by atoms with Crippen LogP contribution in [-0.2, 0) is 19.9 Å². The number of hydrogen-bond acceptors (Lipinski definition) is 2. The quantitative estimate of drug-likeness (QED) is 0.793. The van der Waals surface area contributed by atoms with Gasteiger partial charge in [0.25, 0.3) is 0 Å². The Morgan fingerprint density at radius 3 is 2.80 bits per heavy atom. The second-order valence-corrected chi connectivity index (χ2v) is 4.54. The molecule has 0 bridgehead atoms. The molecule has 1 aromatic heterocycles. The molecule has 1 aromatic rings. The Labute approximate surface area is 91.9 Å². The summed E-state index contributed by atoms with van der Waals surface area (Å²) in [6, 6.07) is 2.89. The van der Waals surface area contributed by atoms with Crippen LogP contribution in [0.25, 0.3) is 0 Å². The molecule has 0 aliphatic heterocycles. The van der Waals surface area contributed by atoms with Gasteiger partial charge in [0.05, 0.1) is 5.69 Å². The van der Waals surface area contributed by atoms with Crippen molar-refractivity contribution in [3.8, 4) is 0 Å². The van der Waals surface area contributed by atoms with Gasteiger partial charge in [-0.2, -0.15) is 5.10 Å². The van der Waals surface area contributed by atoms with Gasteiger partial charge in [-0.25, -0.2) is 0 Å². The molecule has 3 nitrogen and oxygen atoms in total. The van der Waals surface area contributed by atoms with Crippen molar-refractivity contribution in [2.45, 2.75) is 38.6 Å². The molecule has 2 rings (SSSR count). The molecule has 1 heterocycles.